The molecule has 2 aromatic carbocycles. The van der Waals surface area contributed by atoms with Gasteiger partial charge < -0.3 is 10.1 Å². The summed E-state index contributed by atoms with van der Waals surface area (Å²) < 4.78 is 19.2. The molecule has 0 spiro atoms. The molecule has 1 atom stereocenters. The standard InChI is InChI=1S/C16H13FN2O/c17-13-5-3-6-14(12(13)10-18)19-15-8-9-20-16-7-2-1-4-11(15)16/h1-7,15,19H,8-9H2. The van der Waals surface area contributed by atoms with E-state index < -0.39 is 5.82 Å². The first-order valence-corrected chi connectivity index (χ1v) is 6.46. The lowest BCUT2D eigenvalue weighted by Crippen LogP contribution is -2.20. The van der Waals surface area contributed by atoms with E-state index in [9.17, 15) is 4.39 Å². The number of fused-ring (bicyclic) bond motifs is 1. The van der Waals surface area contributed by atoms with Gasteiger partial charge in [-0.2, -0.15) is 5.26 Å². The van der Waals surface area contributed by atoms with Gasteiger partial charge in [0.1, 0.15) is 23.2 Å². The number of nitrogens with one attached hydrogen (secondary N) is 1. The number of hydrogen-bond donors (Lipinski definition) is 1. The van der Waals surface area contributed by atoms with Gasteiger partial charge in [-0.25, -0.2) is 4.39 Å². The van der Waals surface area contributed by atoms with Crippen molar-refractivity contribution in [2.75, 3.05) is 11.9 Å². The minimum absolute atomic E-state index is 0.0221. The van der Waals surface area contributed by atoms with Crippen molar-refractivity contribution in [2.45, 2.75) is 12.5 Å². The van der Waals surface area contributed by atoms with Crippen LogP contribution < -0.4 is 10.1 Å². The van der Waals surface area contributed by atoms with Crippen LogP contribution in [0.1, 0.15) is 23.6 Å². The van der Waals surface area contributed by atoms with Crippen LogP contribution in [0.25, 0.3) is 0 Å². The van der Waals surface area contributed by atoms with Gasteiger partial charge in [0.05, 0.1) is 18.3 Å². The van der Waals surface area contributed by atoms with Crippen LogP contribution in [0, 0.1) is 17.1 Å². The Hall–Kier alpha value is -2.54. The summed E-state index contributed by atoms with van der Waals surface area (Å²) in [6.07, 6.45) is 0.776. The van der Waals surface area contributed by atoms with Crippen LogP contribution in [-0.4, -0.2) is 6.61 Å². The first-order chi connectivity index (χ1) is 9.79. The summed E-state index contributed by atoms with van der Waals surface area (Å²) in [5.74, 6) is 0.337. The van der Waals surface area contributed by atoms with Crippen molar-refractivity contribution in [3.8, 4) is 11.8 Å². The van der Waals surface area contributed by atoms with Gasteiger partial charge in [-0.1, -0.05) is 24.3 Å². The molecule has 0 amide bonds. The average Bonchev–Trinajstić information content (AvgIpc) is 2.48. The van der Waals surface area contributed by atoms with Crippen LogP contribution in [-0.2, 0) is 0 Å². The number of halogens is 1. The molecule has 4 heteroatoms. The molecule has 3 rings (SSSR count). The Labute approximate surface area is 116 Å². The molecule has 0 saturated carbocycles. The Morgan fingerprint density at radius 3 is 2.90 bits per heavy atom. The highest BCUT2D eigenvalue weighted by Gasteiger charge is 2.22. The minimum Gasteiger partial charge on any atom is -0.493 e. The molecule has 1 aliphatic heterocycles. The first kappa shape index (κ1) is 12.5. The molecule has 1 unspecified atom stereocenters. The number of anilines is 1. The molecule has 1 heterocycles. The third-order valence-corrected chi connectivity index (χ3v) is 3.41. The van der Waals surface area contributed by atoms with E-state index in [0.29, 0.717) is 12.3 Å². The van der Waals surface area contributed by atoms with Crippen molar-refractivity contribution in [1.29, 1.82) is 5.26 Å². The maximum absolute atomic E-state index is 13.6. The van der Waals surface area contributed by atoms with Crippen molar-refractivity contribution >= 4 is 5.69 Å². The minimum atomic E-state index is -0.502. The predicted molar refractivity (Wildman–Crippen MR) is 74.0 cm³/mol. The molecule has 0 bridgehead atoms. The third-order valence-electron chi connectivity index (χ3n) is 3.41. The third kappa shape index (κ3) is 2.19. The molecule has 3 nitrogen and oxygen atoms in total. The van der Waals surface area contributed by atoms with Crippen molar-refractivity contribution in [1.82, 2.24) is 0 Å². The van der Waals surface area contributed by atoms with E-state index in [-0.39, 0.29) is 11.6 Å². The summed E-state index contributed by atoms with van der Waals surface area (Å²) >= 11 is 0. The van der Waals surface area contributed by atoms with Gasteiger partial charge in [0.25, 0.3) is 0 Å². The summed E-state index contributed by atoms with van der Waals surface area (Å²) in [5, 5.41) is 12.3. The number of rotatable bonds is 2. The molecule has 0 aromatic heterocycles. The summed E-state index contributed by atoms with van der Waals surface area (Å²) in [6, 6.07) is 14.3. The van der Waals surface area contributed by atoms with Crippen LogP contribution in [0.5, 0.6) is 5.75 Å². The Kier molecular flexibility index (Phi) is 3.26. The fraction of sp³-hybridized carbons (Fsp3) is 0.188. The molecule has 0 saturated heterocycles. The molecular weight excluding hydrogens is 255 g/mol. The van der Waals surface area contributed by atoms with Crippen LogP contribution in [0.3, 0.4) is 0 Å². The quantitative estimate of drug-likeness (QED) is 0.904. The lowest BCUT2D eigenvalue weighted by atomic mass is 10.00. The van der Waals surface area contributed by atoms with Gasteiger partial charge in [0.15, 0.2) is 0 Å². The van der Waals surface area contributed by atoms with Crippen molar-refractivity contribution in [3.05, 3.63) is 59.4 Å². The zero-order chi connectivity index (χ0) is 13.9. The molecule has 0 radical (unpaired) electrons. The van der Waals surface area contributed by atoms with E-state index in [0.717, 1.165) is 17.7 Å². The maximum Gasteiger partial charge on any atom is 0.143 e. The fourth-order valence-electron chi connectivity index (χ4n) is 2.44. The van der Waals surface area contributed by atoms with Gasteiger partial charge >= 0.3 is 0 Å². The average molecular weight is 268 g/mol. The summed E-state index contributed by atoms with van der Waals surface area (Å²) in [4.78, 5) is 0. The number of hydrogen-bond acceptors (Lipinski definition) is 3. The lowest BCUT2D eigenvalue weighted by molar-refractivity contribution is 0.274. The number of para-hydroxylation sites is 1. The van der Waals surface area contributed by atoms with Gasteiger partial charge in [-0.3, -0.25) is 0 Å². The highest BCUT2D eigenvalue weighted by Crippen LogP contribution is 2.34. The van der Waals surface area contributed by atoms with Crippen molar-refractivity contribution < 1.29 is 9.13 Å². The Morgan fingerprint density at radius 2 is 2.05 bits per heavy atom. The summed E-state index contributed by atoms with van der Waals surface area (Å²) in [5.41, 5.74) is 1.61. The second kappa shape index (κ2) is 5.22. The van der Waals surface area contributed by atoms with Crippen LogP contribution in [0.2, 0.25) is 0 Å². The van der Waals surface area contributed by atoms with Crippen molar-refractivity contribution in [3.63, 3.8) is 0 Å². The Morgan fingerprint density at radius 1 is 1.20 bits per heavy atom. The molecule has 1 N–H and O–H groups in total. The topological polar surface area (TPSA) is 45.0 Å². The van der Waals surface area contributed by atoms with E-state index >= 15 is 0 Å². The van der Waals surface area contributed by atoms with Gasteiger partial charge in [-0.15, -0.1) is 0 Å². The van der Waals surface area contributed by atoms with Crippen molar-refractivity contribution in [2.24, 2.45) is 0 Å². The molecule has 0 fully saturated rings. The second-order valence-corrected chi connectivity index (χ2v) is 4.65. The largest absolute Gasteiger partial charge is 0.493 e. The normalized spacial score (nSPS) is 16.7. The lowest BCUT2D eigenvalue weighted by Gasteiger charge is -2.27. The summed E-state index contributed by atoms with van der Waals surface area (Å²) in [6.45, 7) is 0.603. The number of ether oxygens (including phenoxy) is 1. The highest BCUT2D eigenvalue weighted by molar-refractivity contribution is 5.59. The second-order valence-electron chi connectivity index (χ2n) is 4.65. The van der Waals surface area contributed by atoms with E-state index in [1.165, 1.54) is 6.07 Å². The van der Waals surface area contributed by atoms with E-state index in [2.05, 4.69) is 5.32 Å². The number of benzene rings is 2. The molecule has 0 aliphatic carbocycles. The van der Waals surface area contributed by atoms with Crippen LogP contribution >= 0.6 is 0 Å². The smallest absolute Gasteiger partial charge is 0.143 e. The molecule has 100 valence electrons. The maximum atomic E-state index is 13.6. The van der Waals surface area contributed by atoms with Gasteiger partial charge in [-0.05, 0) is 18.2 Å². The van der Waals surface area contributed by atoms with Gasteiger partial charge in [0, 0.05) is 12.0 Å². The van der Waals surface area contributed by atoms with E-state index in [1.54, 1.807) is 12.1 Å². The SMILES string of the molecule is N#Cc1c(F)cccc1NC1CCOc2ccccc21. The van der Waals surface area contributed by atoms with Gasteiger partial charge in [0.2, 0.25) is 0 Å². The molecule has 20 heavy (non-hydrogen) atoms. The summed E-state index contributed by atoms with van der Waals surface area (Å²) in [7, 11) is 0. The zero-order valence-electron chi connectivity index (χ0n) is 10.8. The van der Waals surface area contributed by atoms with Crippen LogP contribution in [0.4, 0.5) is 10.1 Å². The van der Waals surface area contributed by atoms with E-state index in [1.807, 2.05) is 30.3 Å². The van der Waals surface area contributed by atoms with E-state index in [4.69, 9.17) is 10.00 Å². The highest BCUT2D eigenvalue weighted by atomic mass is 19.1. The van der Waals surface area contributed by atoms with Crippen LogP contribution in [0.15, 0.2) is 42.5 Å². The molecule has 2 aromatic rings. The Balaban J connectivity index is 1.94. The number of nitriles is 1. The number of nitrogens with zero attached hydrogens (tertiary/aromatic N) is 1. The molecule has 1 aliphatic rings. The first-order valence-electron chi connectivity index (χ1n) is 6.46. The predicted octanol–water partition coefficient (Wildman–Crippen LogP) is 3.63. The molecular formula is C16H13FN2O. The fourth-order valence-corrected chi connectivity index (χ4v) is 2.44. The zero-order valence-corrected chi connectivity index (χ0v) is 10.8. The monoisotopic (exact) mass is 268 g/mol. The Bertz CT molecular complexity index is 678.